The Morgan fingerprint density at radius 2 is 2.18 bits per heavy atom. The molecule has 1 aliphatic rings. The van der Waals surface area contributed by atoms with E-state index < -0.39 is 6.10 Å². The molecule has 0 amide bonds. The van der Waals surface area contributed by atoms with Crippen molar-refractivity contribution >= 4 is 0 Å². The Bertz CT molecular complexity index is 202. The van der Waals surface area contributed by atoms with Gasteiger partial charge in [-0.3, -0.25) is 0 Å². The predicted octanol–water partition coefficient (Wildman–Crippen LogP) is 0.440. The lowest BCUT2D eigenvalue weighted by atomic mass is 9.89. The molecule has 1 aliphatic heterocycles. The van der Waals surface area contributed by atoms with Gasteiger partial charge in [-0.2, -0.15) is 0 Å². The molecule has 0 saturated carbocycles. The van der Waals surface area contributed by atoms with Gasteiger partial charge in [0.1, 0.15) is 0 Å². The summed E-state index contributed by atoms with van der Waals surface area (Å²) < 4.78 is 0. The number of aliphatic hydroxyl groups excluding tert-OH is 2. The van der Waals surface area contributed by atoms with Gasteiger partial charge < -0.3 is 20.4 Å². The van der Waals surface area contributed by atoms with Gasteiger partial charge in [0.2, 0.25) is 0 Å². The number of hydrogen-bond acceptors (Lipinski definition) is 4. The first kappa shape index (κ1) is 14.9. The lowest BCUT2D eigenvalue weighted by Crippen LogP contribution is -2.51. The molecule has 1 heterocycles. The minimum atomic E-state index is -0.590. The lowest BCUT2D eigenvalue weighted by Gasteiger charge is -2.39. The second-order valence-electron chi connectivity index (χ2n) is 5.11. The molecule has 1 rings (SSSR count). The molecule has 3 N–H and O–H groups in total. The fraction of sp³-hybridized carbons (Fsp3) is 1.00. The van der Waals surface area contributed by atoms with E-state index in [-0.39, 0.29) is 6.61 Å². The summed E-state index contributed by atoms with van der Waals surface area (Å²) in [6.07, 6.45) is 2.91. The van der Waals surface area contributed by atoms with E-state index in [1.807, 2.05) is 0 Å². The Morgan fingerprint density at radius 3 is 2.76 bits per heavy atom. The monoisotopic (exact) mass is 244 g/mol. The zero-order valence-electron chi connectivity index (χ0n) is 11.2. The van der Waals surface area contributed by atoms with Gasteiger partial charge in [-0.15, -0.1) is 0 Å². The van der Waals surface area contributed by atoms with Crippen molar-refractivity contribution < 1.29 is 10.2 Å². The van der Waals surface area contributed by atoms with Crippen LogP contribution in [0.5, 0.6) is 0 Å². The minimum absolute atomic E-state index is 0.134. The maximum Gasteiger partial charge on any atom is 0.0897 e. The summed E-state index contributed by atoms with van der Waals surface area (Å²) in [4.78, 5) is 2.28. The molecule has 0 aromatic heterocycles. The molecule has 0 spiro atoms. The van der Waals surface area contributed by atoms with Crippen LogP contribution in [-0.2, 0) is 0 Å². The summed E-state index contributed by atoms with van der Waals surface area (Å²) in [6, 6.07) is 0.627. The Labute approximate surface area is 105 Å². The van der Waals surface area contributed by atoms with Gasteiger partial charge in [0, 0.05) is 19.1 Å². The maximum absolute atomic E-state index is 9.47. The maximum atomic E-state index is 9.47. The van der Waals surface area contributed by atoms with Gasteiger partial charge >= 0.3 is 0 Å². The molecule has 17 heavy (non-hydrogen) atoms. The van der Waals surface area contributed by atoms with Crippen LogP contribution in [0.15, 0.2) is 0 Å². The van der Waals surface area contributed by atoms with Crippen LogP contribution in [0.3, 0.4) is 0 Å². The highest BCUT2D eigenvalue weighted by atomic mass is 16.3. The zero-order valence-corrected chi connectivity index (χ0v) is 11.2. The first-order chi connectivity index (χ1) is 8.21. The topological polar surface area (TPSA) is 55.7 Å². The van der Waals surface area contributed by atoms with Crippen molar-refractivity contribution in [3.63, 3.8) is 0 Å². The van der Waals surface area contributed by atoms with Crippen LogP contribution in [0.1, 0.15) is 33.1 Å². The Kier molecular flexibility index (Phi) is 7.04. The van der Waals surface area contributed by atoms with Crippen LogP contribution in [-0.4, -0.2) is 60.0 Å². The first-order valence-electron chi connectivity index (χ1n) is 6.95. The number of hydrogen-bond donors (Lipinski definition) is 3. The van der Waals surface area contributed by atoms with Crippen molar-refractivity contribution in [2.24, 2.45) is 5.92 Å². The molecule has 4 nitrogen and oxygen atoms in total. The van der Waals surface area contributed by atoms with Crippen molar-refractivity contribution in [3.8, 4) is 0 Å². The molecular weight excluding hydrogens is 216 g/mol. The fourth-order valence-corrected chi connectivity index (χ4v) is 2.64. The second kappa shape index (κ2) is 8.03. The SMILES string of the molecule is CCCNC1CCN(CC(O)CO)CC1CC. The van der Waals surface area contributed by atoms with Gasteiger partial charge in [-0.25, -0.2) is 0 Å². The molecule has 4 heteroatoms. The predicted molar refractivity (Wildman–Crippen MR) is 70.0 cm³/mol. The van der Waals surface area contributed by atoms with Crippen molar-refractivity contribution in [2.45, 2.75) is 45.3 Å². The third kappa shape index (κ3) is 4.92. The molecule has 1 saturated heterocycles. The highest BCUT2D eigenvalue weighted by molar-refractivity contribution is 4.85. The van der Waals surface area contributed by atoms with Crippen LogP contribution in [0.2, 0.25) is 0 Å². The molecule has 3 atom stereocenters. The zero-order chi connectivity index (χ0) is 12.7. The Balaban J connectivity index is 2.37. The molecule has 0 bridgehead atoms. The van der Waals surface area contributed by atoms with E-state index in [0.29, 0.717) is 18.5 Å². The Morgan fingerprint density at radius 1 is 1.41 bits per heavy atom. The fourth-order valence-electron chi connectivity index (χ4n) is 2.64. The average molecular weight is 244 g/mol. The second-order valence-corrected chi connectivity index (χ2v) is 5.11. The van der Waals surface area contributed by atoms with E-state index in [0.717, 1.165) is 26.1 Å². The van der Waals surface area contributed by atoms with Crippen molar-refractivity contribution in [1.82, 2.24) is 10.2 Å². The van der Waals surface area contributed by atoms with E-state index in [1.54, 1.807) is 0 Å². The van der Waals surface area contributed by atoms with Gasteiger partial charge in [0.25, 0.3) is 0 Å². The molecule has 0 aromatic carbocycles. The first-order valence-corrected chi connectivity index (χ1v) is 6.95. The van der Waals surface area contributed by atoms with Crippen LogP contribution >= 0.6 is 0 Å². The van der Waals surface area contributed by atoms with E-state index in [4.69, 9.17) is 5.11 Å². The molecular formula is C13H28N2O2. The summed E-state index contributed by atoms with van der Waals surface area (Å²) in [6.45, 7) is 8.06. The van der Waals surface area contributed by atoms with Crippen LogP contribution in [0.4, 0.5) is 0 Å². The minimum Gasteiger partial charge on any atom is -0.394 e. The standard InChI is InChI=1S/C13H28N2O2/c1-3-6-14-13-5-7-15(8-11(13)4-2)9-12(17)10-16/h11-14,16-17H,3-10H2,1-2H3. The van der Waals surface area contributed by atoms with Gasteiger partial charge in [-0.1, -0.05) is 20.3 Å². The van der Waals surface area contributed by atoms with Gasteiger partial charge in [0.15, 0.2) is 0 Å². The normalized spacial score (nSPS) is 28.2. The number of rotatable bonds is 7. The summed E-state index contributed by atoms with van der Waals surface area (Å²) >= 11 is 0. The number of piperidine rings is 1. The van der Waals surface area contributed by atoms with E-state index in [9.17, 15) is 5.11 Å². The van der Waals surface area contributed by atoms with Gasteiger partial charge in [-0.05, 0) is 31.8 Å². The molecule has 102 valence electrons. The molecule has 0 aliphatic carbocycles. The molecule has 0 radical (unpaired) electrons. The van der Waals surface area contributed by atoms with Gasteiger partial charge in [0.05, 0.1) is 12.7 Å². The molecule has 3 unspecified atom stereocenters. The largest absolute Gasteiger partial charge is 0.394 e. The van der Waals surface area contributed by atoms with E-state index in [2.05, 4.69) is 24.1 Å². The van der Waals surface area contributed by atoms with E-state index in [1.165, 1.54) is 12.8 Å². The van der Waals surface area contributed by atoms with Crippen LogP contribution in [0.25, 0.3) is 0 Å². The highest BCUT2D eigenvalue weighted by Crippen LogP contribution is 2.20. The van der Waals surface area contributed by atoms with Crippen LogP contribution in [0, 0.1) is 5.92 Å². The molecule has 0 aromatic rings. The third-order valence-corrected chi connectivity index (χ3v) is 3.68. The average Bonchev–Trinajstić information content (AvgIpc) is 2.36. The lowest BCUT2D eigenvalue weighted by molar-refractivity contribution is 0.0372. The smallest absolute Gasteiger partial charge is 0.0897 e. The quantitative estimate of drug-likeness (QED) is 0.608. The summed E-state index contributed by atoms with van der Waals surface area (Å²) in [5.41, 5.74) is 0. The van der Waals surface area contributed by atoms with Crippen LogP contribution < -0.4 is 5.32 Å². The number of likely N-dealkylation sites (tertiary alicyclic amines) is 1. The Hall–Kier alpha value is -0.160. The van der Waals surface area contributed by atoms with Crippen molar-refractivity contribution in [2.75, 3.05) is 32.8 Å². The number of nitrogens with zero attached hydrogens (tertiary/aromatic N) is 1. The number of aliphatic hydroxyl groups is 2. The molecule has 1 fully saturated rings. The summed E-state index contributed by atoms with van der Waals surface area (Å²) in [5, 5.41) is 22.0. The van der Waals surface area contributed by atoms with Crippen molar-refractivity contribution in [3.05, 3.63) is 0 Å². The number of β-amino-alcohol motifs (C(OH)–C–C–N with tert-alkyl or cyclic N) is 1. The third-order valence-electron chi connectivity index (χ3n) is 3.68. The summed E-state index contributed by atoms with van der Waals surface area (Å²) in [7, 11) is 0. The highest BCUT2D eigenvalue weighted by Gasteiger charge is 2.28. The van der Waals surface area contributed by atoms with E-state index >= 15 is 0 Å². The van der Waals surface area contributed by atoms with Crippen molar-refractivity contribution in [1.29, 1.82) is 0 Å². The summed E-state index contributed by atoms with van der Waals surface area (Å²) in [5.74, 6) is 0.668. The number of nitrogens with one attached hydrogen (secondary N) is 1.